The Kier molecular flexibility index (Phi) is 5.08. The van der Waals surface area contributed by atoms with Gasteiger partial charge < -0.3 is 9.64 Å². The van der Waals surface area contributed by atoms with Gasteiger partial charge in [-0.2, -0.15) is 0 Å². The summed E-state index contributed by atoms with van der Waals surface area (Å²) in [5.41, 5.74) is -0.125. The minimum absolute atomic E-state index is 0.0639. The fourth-order valence-electron chi connectivity index (χ4n) is 2.46. The molecule has 0 radical (unpaired) electrons. The van der Waals surface area contributed by atoms with Gasteiger partial charge in [0, 0.05) is 25.2 Å². The lowest BCUT2D eigenvalue weighted by Crippen LogP contribution is -2.41. The zero-order valence-electron chi connectivity index (χ0n) is 12.4. The molecule has 0 saturated carbocycles. The van der Waals surface area contributed by atoms with Gasteiger partial charge in [0.25, 0.3) is 11.6 Å². The van der Waals surface area contributed by atoms with Crippen molar-refractivity contribution in [2.45, 2.75) is 19.8 Å². The SMILES string of the molecule is C[C@@H]1CCCN(C(=O)COC(=O)c2cccc([N+](=O)[O-])c2)C1. The molecule has 118 valence electrons. The van der Waals surface area contributed by atoms with Gasteiger partial charge in [-0.25, -0.2) is 4.79 Å². The maximum absolute atomic E-state index is 12.0. The highest BCUT2D eigenvalue weighted by atomic mass is 16.6. The van der Waals surface area contributed by atoms with E-state index in [1.54, 1.807) is 4.90 Å². The van der Waals surface area contributed by atoms with Gasteiger partial charge in [-0.3, -0.25) is 14.9 Å². The Morgan fingerprint density at radius 2 is 2.23 bits per heavy atom. The molecular formula is C15H18N2O5. The van der Waals surface area contributed by atoms with Crippen LogP contribution in [0, 0.1) is 16.0 Å². The minimum atomic E-state index is -0.734. The van der Waals surface area contributed by atoms with Gasteiger partial charge in [-0.15, -0.1) is 0 Å². The van der Waals surface area contributed by atoms with Crippen LogP contribution in [0.15, 0.2) is 24.3 Å². The van der Waals surface area contributed by atoms with Crippen molar-refractivity contribution in [3.63, 3.8) is 0 Å². The van der Waals surface area contributed by atoms with Crippen LogP contribution in [0.25, 0.3) is 0 Å². The second-order valence-electron chi connectivity index (χ2n) is 5.47. The van der Waals surface area contributed by atoms with Crippen LogP contribution in [0.3, 0.4) is 0 Å². The molecule has 7 nitrogen and oxygen atoms in total. The molecule has 0 aromatic heterocycles. The monoisotopic (exact) mass is 306 g/mol. The first-order valence-corrected chi connectivity index (χ1v) is 7.16. The van der Waals surface area contributed by atoms with Gasteiger partial charge in [-0.05, 0) is 24.8 Å². The van der Waals surface area contributed by atoms with Crippen molar-refractivity contribution in [3.05, 3.63) is 39.9 Å². The summed E-state index contributed by atoms with van der Waals surface area (Å²) in [4.78, 5) is 35.6. The van der Waals surface area contributed by atoms with Crippen LogP contribution in [0.4, 0.5) is 5.69 Å². The van der Waals surface area contributed by atoms with E-state index in [9.17, 15) is 19.7 Å². The number of amides is 1. The maximum Gasteiger partial charge on any atom is 0.338 e. The van der Waals surface area contributed by atoms with Crippen molar-refractivity contribution in [1.82, 2.24) is 4.90 Å². The molecular weight excluding hydrogens is 288 g/mol. The predicted molar refractivity (Wildman–Crippen MR) is 78.4 cm³/mol. The van der Waals surface area contributed by atoms with Crippen molar-refractivity contribution < 1.29 is 19.2 Å². The van der Waals surface area contributed by atoms with E-state index < -0.39 is 10.9 Å². The largest absolute Gasteiger partial charge is 0.452 e. The topological polar surface area (TPSA) is 89.8 Å². The Hall–Kier alpha value is -2.44. The Morgan fingerprint density at radius 1 is 1.45 bits per heavy atom. The van der Waals surface area contributed by atoms with E-state index in [1.807, 2.05) is 0 Å². The third-order valence-electron chi connectivity index (χ3n) is 3.63. The van der Waals surface area contributed by atoms with Crippen LogP contribution >= 0.6 is 0 Å². The summed E-state index contributed by atoms with van der Waals surface area (Å²) in [6.45, 7) is 3.09. The summed E-state index contributed by atoms with van der Waals surface area (Å²) in [6.07, 6.45) is 2.04. The Bertz CT molecular complexity index is 587. The zero-order chi connectivity index (χ0) is 16.1. The van der Waals surface area contributed by atoms with Crippen molar-refractivity contribution in [2.75, 3.05) is 19.7 Å². The highest BCUT2D eigenvalue weighted by Gasteiger charge is 2.22. The van der Waals surface area contributed by atoms with Crippen molar-refractivity contribution in [1.29, 1.82) is 0 Å². The number of hydrogen-bond donors (Lipinski definition) is 0. The summed E-state index contributed by atoms with van der Waals surface area (Å²) in [5.74, 6) is -0.516. The first-order valence-electron chi connectivity index (χ1n) is 7.16. The maximum atomic E-state index is 12.0. The third kappa shape index (κ3) is 4.03. The molecule has 1 fully saturated rings. The van der Waals surface area contributed by atoms with E-state index >= 15 is 0 Å². The molecule has 22 heavy (non-hydrogen) atoms. The van der Waals surface area contributed by atoms with Gasteiger partial charge in [0.1, 0.15) is 0 Å². The number of rotatable bonds is 4. The number of nitro benzene ring substituents is 1. The van der Waals surface area contributed by atoms with Crippen LogP contribution in [0.2, 0.25) is 0 Å². The average Bonchev–Trinajstić information content (AvgIpc) is 2.52. The number of nitro groups is 1. The van der Waals surface area contributed by atoms with Crippen LogP contribution in [0.1, 0.15) is 30.1 Å². The molecule has 1 aliphatic rings. The lowest BCUT2D eigenvalue weighted by molar-refractivity contribution is -0.384. The Morgan fingerprint density at radius 3 is 2.91 bits per heavy atom. The molecule has 1 aliphatic heterocycles. The first-order chi connectivity index (χ1) is 10.5. The molecule has 2 rings (SSSR count). The predicted octanol–water partition coefficient (Wildman–Crippen LogP) is 2.01. The van der Waals surface area contributed by atoms with Crippen LogP contribution in [-0.2, 0) is 9.53 Å². The fraction of sp³-hybridized carbons (Fsp3) is 0.467. The molecule has 1 aromatic rings. The van der Waals surface area contributed by atoms with Gasteiger partial charge >= 0.3 is 5.97 Å². The van der Waals surface area contributed by atoms with E-state index in [0.29, 0.717) is 19.0 Å². The molecule has 1 atom stereocenters. The van der Waals surface area contributed by atoms with Gasteiger partial charge in [0.05, 0.1) is 10.5 Å². The number of hydrogen-bond acceptors (Lipinski definition) is 5. The number of esters is 1. The van der Waals surface area contributed by atoms with E-state index in [4.69, 9.17) is 4.74 Å². The van der Waals surface area contributed by atoms with Crippen molar-refractivity contribution >= 4 is 17.6 Å². The second kappa shape index (κ2) is 7.02. The number of likely N-dealkylation sites (tertiary alicyclic amines) is 1. The summed E-state index contributed by atoms with van der Waals surface area (Å²) in [5, 5.41) is 10.7. The van der Waals surface area contributed by atoms with Gasteiger partial charge in [0.15, 0.2) is 6.61 Å². The normalized spacial score (nSPS) is 17.9. The number of non-ortho nitro benzene ring substituents is 1. The van der Waals surface area contributed by atoms with E-state index in [1.165, 1.54) is 18.2 Å². The third-order valence-corrected chi connectivity index (χ3v) is 3.63. The van der Waals surface area contributed by atoms with Gasteiger partial charge in [0.2, 0.25) is 0 Å². The van der Waals surface area contributed by atoms with Crippen LogP contribution < -0.4 is 0 Å². The van der Waals surface area contributed by atoms with E-state index in [0.717, 1.165) is 18.9 Å². The van der Waals surface area contributed by atoms with Crippen LogP contribution in [-0.4, -0.2) is 41.4 Å². The molecule has 1 amide bonds. The molecule has 7 heteroatoms. The quantitative estimate of drug-likeness (QED) is 0.482. The summed E-state index contributed by atoms with van der Waals surface area (Å²) in [6, 6.07) is 5.25. The minimum Gasteiger partial charge on any atom is -0.452 e. The Balaban J connectivity index is 1.91. The van der Waals surface area contributed by atoms with Crippen molar-refractivity contribution in [2.24, 2.45) is 5.92 Å². The number of piperidine rings is 1. The van der Waals surface area contributed by atoms with Crippen molar-refractivity contribution in [3.8, 4) is 0 Å². The molecule has 0 aliphatic carbocycles. The molecule has 0 unspecified atom stereocenters. The molecule has 1 aromatic carbocycles. The second-order valence-corrected chi connectivity index (χ2v) is 5.47. The summed E-state index contributed by atoms with van der Waals surface area (Å²) in [7, 11) is 0. The molecule has 1 heterocycles. The number of benzene rings is 1. The molecule has 0 bridgehead atoms. The lowest BCUT2D eigenvalue weighted by Gasteiger charge is -2.30. The fourth-order valence-corrected chi connectivity index (χ4v) is 2.46. The summed E-state index contributed by atoms with van der Waals surface area (Å²) >= 11 is 0. The van der Waals surface area contributed by atoms with E-state index in [2.05, 4.69) is 6.92 Å². The van der Waals surface area contributed by atoms with Gasteiger partial charge in [-0.1, -0.05) is 13.0 Å². The highest BCUT2D eigenvalue weighted by molar-refractivity contribution is 5.91. The average molecular weight is 306 g/mol. The molecule has 1 saturated heterocycles. The van der Waals surface area contributed by atoms with E-state index in [-0.39, 0.29) is 23.8 Å². The summed E-state index contributed by atoms with van der Waals surface area (Å²) < 4.78 is 4.96. The smallest absolute Gasteiger partial charge is 0.338 e. The number of carbonyl (C=O) groups is 2. The molecule has 0 N–H and O–H groups in total. The number of carbonyl (C=O) groups excluding carboxylic acids is 2. The highest BCUT2D eigenvalue weighted by Crippen LogP contribution is 2.16. The van der Waals surface area contributed by atoms with Crippen LogP contribution in [0.5, 0.6) is 0 Å². The molecule has 0 spiro atoms. The number of ether oxygens (including phenoxy) is 1. The zero-order valence-corrected chi connectivity index (χ0v) is 12.4. The standard InChI is InChI=1S/C15H18N2O5/c1-11-4-3-7-16(9-11)14(18)10-22-15(19)12-5-2-6-13(8-12)17(20)21/h2,5-6,8,11H,3-4,7,9-10H2,1H3/t11-/m1/s1. The Labute approximate surface area is 128 Å². The number of nitrogens with zero attached hydrogens (tertiary/aromatic N) is 2. The first kappa shape index (κ1) is 15.9. The lowest BCUT2D eigenvalue weighted by atomic mass is 10.0.